The maximum Gasteiger partial charge on any atom is 0.229 e. The normalized spacial score (nSPS) is 11.4. The van der Waals surface area contributed by atoms with Crippen LogP contribution in [0, 0.1) is 6.92 Å². The van der Waals surface area contributed by atoms with Crippen LogP contribution in [0.5, 0.6) is 0 Å². The third-order valence-electron chi connectivity index (χ3n) is 4.06. The van der Waals surface area contributed by atoms with Crippen LogP contribution in [0.15, 0.2) is 30.3 Å². The first-order valence-corrected chi connectivity index (χ1v) is 8.74. The van der Waals surface area contributed by atoms with Gasteiger partial charge >= 0.3 is 0 Å². The Morgan fingerprint density at radius 2 is 1.83 bits per heavy atom. The maximum atomic E-state index is 4.71. The van der Waals surface area contributed by atoms with Crippen molar-refractivity contribution in [2.75, 3.05) is 23.8 Å². The summed E-state index contributed by atoms with van der Waals surface area (Å²) in [6.07, 6.45) is 2.34. The maximum absolute atomic E-state index is 4.71. The van der Waals surface area contributed by atoms with Crippen LogP contribution in [-0.4, -0.2) is 23.6 Å². The van der Waals surface area contributed by atoms with Crippen molar-refractivity contribution >= 4 is 17.5 Å². The Morgan fingerprint density at radius 3 is 2.50 bits per heavy atom. The van der Waals surface area contributed by atoms with Gasteiger partial charge in [-0.05, 0) is 30.4 Å². The minimum atomic E-state index is 0.0637. The summed E-state index contributed by atoms with van der Waals surface area (Å²) in [5, 5.41) is 3.42. The summed E-state index contributed by atoms with van der Waals surface area (Å²) in [5.74, 6) is 1.62. The number of nitrogens with zero attached hydrogens (tertiary/aromatic N) is 3. The first-order chi connectivity index (χ1) is 11.3. The number of para-hydroxylation sites is 1. The van der Waals surface area contributed by atoms with E-state index < -0.39 is 0 Å². The topological polar surface area (TPSA) is 41.1 Å². The van der Waals surface area contributed by atoms with E-state index in [9.17, 15) is 0 Å². The van der Waals surface area contributed by atoms with Crippen LogP contribution in [0.3, 0.4) is 0 Å². The lowest BCUT2D eigenvalue weighted by Gasteiger charge is -2.23. The van der Waals surface area contributed by atoms with Gasteiger partial charge in [0.1, 0.15) is 5.82 Å². The largest absolute Gasteiger partial charge is 0.360 e. The van der Waals surface area contributed by atoms with E-state index in [4.69, 9.17) is 4.98 Å². The zero-order chi connectivity index (χ0) is 17.7. The summed E-state index contributed by atoms with van der Waals surface area (Å²) in [7, 11) is 2.09. The average molecular weight is 326 g/mol. The molecule has 0 spiro atoms. The van der Waals surface area contributed by atoms with Crippen molar-refractivity contribution in [3.05, 3.63) is 41.6 Å². The minimum Gasteiger partial charge on any atom is -0.360 e. The highest BCUT2D eigenvalue weighted by Gasteiger charge is 2.18. The zero-order valence-corrected chi connectivity index (χ0v) is 15.8. The van der Waals surface area contributed by atoms with Crippen LogP contribution in [0.2, 0.25) is 0 Å². The smallest absolute Gasteiger partial charge is 0.229 e. The number of rotatable bonds is 6. The molecule has 0 bridgehead atoms. The van der Waals surface area contributed by atoms with Crippen LogP contribution in [0.4, 0.5) is 17.5 Å². The summed E-state index contributed by atoms with van der Waals surface area (Å²) in [6, 6.07) is 10.4. The molecule has 0 fully saturated rings. The van der Waals surface area contributed by atoms with E-state index in [2.05, 4.69) is 68.1 Å². The van der Waals surface area contributed by atoms with Gasteiger partial charge in [-0.15, -0.1) is 0 Å². The Labute approximate surface area is 146 Å². The summed E-state index contributed by atoms with van der Waals surface area (Å²) in [4.78, 5) is 11.5. The molecule has 1 aromatic heterocycles. The molecule has 0 aliphatic heterocycles. The van der Waals surface area contributed by atoms with E-state index in [1.54, 1.807) is 0 Å². The average Bonchev–Trinajstić information content (AvgIpc) is 2.51. The van der Waals surface area contributed by atoms with E-state index in [1.807, 2.05) is 19.1 Å². The molecule has 0 radical (unpaired) electrons. The molecule has 0 saturated carbocycles. The van der Waals surface area contributed by atoms with Gasteiger partial charge in [-0.3, -0.25) is 0 Å². The number of benzene rings is 1. The predicted octanol–water partition coefficient (Wildman–Crippen LogP) is 5.06. The Bertz CT molecular complexity index is 674. The van der Waals surface area contributed by atoms with Crippen LogP contribution in [0.1, 0.15) is 51.8 Å². The number of hydrogen-bond acceptors (Lipinski definition) is 4. The van der Waals surface area contributed by atoms with Gasteiger partial charge in [0, 0.05) is 31.0 Å². The fourth-order valence-electron chi connectivity index (χ4n) is 2.68. The number of hydrogen-bond donors (Lipinski definition) is 1. The van der Waals surface area contributed by atoms with Gasteiger partial charge in [0.2, 0.25) is 5.95 Å². The van der Waals surface area contributed by atoms with Gasteiger partial charge in [0.15, 0.2) is 0 Å². The summed E-state index contributed by atoms with van der Waals surface area (Å²) >= 11 is 0. The molecule has 0 aliphatic rings. The first kappa shape index (κ1) is 18.2. The Balaban J connectivity index is 2.30. The van der Waals surface area contributed by atoms with Crippen LogP contribution >= 0.6 is 0 Å². The molecule has 0 atom stereocenters. The molecule has 4 heteroatoms. The quantitative estimate of drug-likeness (QED) is 0.805. The second kappa shape index (κ2) is 7.65. The standard InChI is InChI=1S/C20H30N4/c1-7-8-13-24(6)18-14-15(2)21-19(23-18)22-17-12-10-9-11-16(17)20(3,4)5/h9-12,14H,7-8,13H2,1-6H3,(H,21,22,23). The highest BCUT2D eigenvalue weighted by Crippen LogP contribution is 2.30. The van der Waals surface area contributed by atoms with E-state index in [0.29, 0.717) is 5.95 Å². The van der Waals surface area contributed by atoms with E-state index in [-0.39, 0.29) is 5.41 Å². The molecule has 1 aromatic carbocycles. The van der Waals surface area contributed by atoms with Gasteiger partial charge in [0.05, 0.1) is 0 Å². The molecular weight excluding hydrogens is 296 g/mol. The van der Waals surface area contributed by atoms with Crippen LogP contribution in [0.25, 0.3) is 0 Å². The number of anilines is 3. The fraction of sp³-hybridized carbons (Fsp3) is 0.500. The molecule has 24 heavy (non-hydrogen) atoms. The van der Waals surface area contributed by atoms with Crippen molar-refractivity contribution in [2.45, 2.75) is 52.9 Å². The third-order valence-corrected chi connectivity index (χ3v) is 4.06. The van der Waals surface area contributed by atoms with Gasteiger partial charge in [-0.25, -0.2) is 4.98 Å². The zero-order valence-electron chi connectivity index (χ0n) is 15.8. The molecule has 4 nitrogen and oxygen atoms in total. The fourth-order valence-corrected chi connectivity index (χ4v) is 2.68. The van der Waals surface area contributed by atoms with Crippen molar-refractivity contribution in [3.8, 4) is 0 Å². The van der Waals surface area contributed by atoms with Gasteiger partial charge in [0.25, 0.3) is 0 Å². The minimum absolute atomic E-state index is 0.0637. The van der Waals surface area contributed by atoms with Crippen molar-refractivity contribution in [2.24, 2.45) is 0 Å². The molecule has 1 heterocycles. The second-order valence-electron chi connectivity index (χ2n) is 7.39. The lowest BCUT2D eigenvalue weighted by atomic mass is 9.86. The Kier molecular flexibility index (Phi) is 5.81. The van der Waals surface area contributed by atoms with Crippen molar-refractivity contribution in [1.29, 1.82) is 0 Å². The van der Waals surface area contributed by atoms with Crippen LogP contribution < -0.4 is 10.2 Å². The molecule has 2 aromatic rings. The van der Waals surface area contributed by atoms with E-state index in [0.717, 1.165) is 30.2 Å². The van der Waals surface area contributed by atoms with Crippen molar-refractivity contribution in [1.82, 2.24) is 9.97 Å². The number of aryl methyl sites for hydroxylation is 1. The number of unbranched alkanes of at least 4 members (excludes halogenated alkanes) is 1. The lowest BCUT2D eigenvalue weighted by Crippen LogP contribution is -2.20. The molecule has 130 valence electrons. The van der Waals surface area contributed by atoms with Crippen molar-refractivity contribution < 1.29 is 0 Å². The highest BCUT2D eigenvalue weighted by molar-refractivity contribution is 5.61. The van der Waals surface area contributed by atoms with Crippen molar-refractivity contribution in [3.63, 3.8) is 0 Å². The molecular formula is C20H30N4. The Hall–Kier alpha value is -2.10. The van der Waals surface area contributed by atoms with Crippen LogP contribution in [-0.2, 0) is 5.41 Å². The Morgan fingerprint density at radius 1 is 1.12 bits per heavy atom. The summed E-state index contributed by atoms with van der Waals surface area (Å²) in [6.45, 7) is 11.9. The molecule has 0 amide bonds. The first-order valence-electron chi connectivity index (χ1n) is 8.74. The van der Waals surface area contributed by atoms with Gasteiger partial charge < -0.3 is 10.2 Å². The van der Waals surface area contributed by atoms with Gasteiger partial charge in [-0.2, -0.15) is 4.98 Å². The van der Waals surface area contributed by atoms with E-state index in [1.165, 1.54) is 12.0 Å². The molecule has 0 aliphatic carbocycles. The highest BCUT2D eigenvalue weighted by atomic mass is 15.2. The van der Waals surface area contributed by atoms with Gasteiger partial charge in [-0.1, -0.05) is 52.3 Å². The van der Waals surface area contributed by atoms with E-state index >= 15 is 0 Å². The molecule has 0 unspecified atom stereocenters. The second-order valence-corrected chi connectivity index (χ2v) is 7.39. The monoisotopic (exact) mass is 326 g/mol. The SMILES string of the molecule is CCCCN(C)c1cc(C)nc(Nc2ccccc2C(C)(C)C)n1. The number of nitrogens with one attached hydrogen (secondary N) is 1. The molecule has 2 rings (SSSR count). The number of aromatic nitrogens is 2. The predicted molar refractivity (Wildman–Crippen MR) is 103 cm³/mol. The molecule has 1 N–H and O–H groups in total. The summed E-state index contributed by atoms with van der Waals surface area (Å²) in [5.41, 5.74) is 3.36. The molecule has 0 saturated heterocycles. The third kappa shape index (κ3) is 4.70. The summed E-state index contributed by atoms with van der Waals surface area (Å²) < 4.78 is 0. The lowest BCUT2D eigenvalue weighted by molar-refractivity contribution is 0.592.